The molecule has 0 saturated carbocycles. The molecule has 3 rings (SSSR count). The van der Waals surface area contributed by atoms with Crippen LogP contribution in [0.15, 0.2) is 42.1 Å². The van der Waals surface area contributed by atoms with E-state index in [0.29, 0.717) is 17.9 Å². The summed E-state index contributed by atoms with van der Waals surface area (Å²) in [6.45, 7) is 2.44. The summed E-state index contributed by atoms with van der Waals surface area (Å²) < 4.78 is 44.7. The molecule has 0 saturated heterocycles. The van der Waals surface area contributed by atoms with Gasteiger partial charge in [0.1, 0.15) is 24.0 Å². The van der Waals surface area contributed by atoms with Crippen LogP contribution in [-0.4, -0.2) is 12.0 Å². The van der Waals surface area contributed by atoms with Crippen molar-refractivity contribution < 1.29 is 22.7 Å². The van der Waals surface area contributed by atoms with Gasteiger partial charge < -0.3 is 15.8 Å². The summed E-state index contributed by atoms with van der Waals surface area (Å²) in [4.78, 5) is 10.7. The normalized spacial score (nSPS) is 14.5. The standard InChI is InChI=1S/C23H25F3N2O2/c1-15(21(27)13-29)28-12-17-9-10-22(20-8-3-2-7-19(17)20)30-14-16-5-4-6-18(11-16)23(24,25)26/h4-6,9-11,15,28H,2-3,7-8,12,14,27H2,1H3/t15-/m0/s1. The Labute approximate surface area is 173 Å². The zero-order chi connectivity index (χ0) is 21.7. The van der Waals surface area contributed by atoms with Crippen LogP contribution < -0.4 is 15.8 Å². The van der Waals surface area contributed by atoms with Crippen LogP contribution in [0.4, 0.5) is 13.2 Å². The molecule has 1 atom stereocenters. The Morgan fingerprint density at radius 1 is 1.20 bits per heavy atom. The first-order valence-corrected chi connectivity index (χ1v) is 9.96. The van der Waals surface area contributed by atoms with Crippen molar-refractivity contribution in [2.24, 2.45) is 5.73 Å². The smallest absolute Gasteiger partial charge is 0.416 e. The van der Waals surface area contributed by atoms with Gasteiger partial charge in [0.2, 0.25) is 0 Å². The van der Waals surface area contributed by atoms with E-state index < -0.39 is 11.7 Å². The van der Waals surface area contributed by atoms with E-state index in [2.05, 4.69) is 5.32 Å². The molecule has 0 heterocycles. The van der Waals surface area contributed by atoms with Gasteiger partial charge in [0.05, 0.1) is 11.6 Å². The average molecular weight is 418 g/mol. The first-order valence-electron chi connectivity index (χ1n) is 9.96. The highest BCUT2D eigenvalue weighted by atomic mass is 19.4. The van der Waals surface area contributed by atoms with Gasteiger partial charge in [-0.15, -0.1) is 0 Å². The fraction of sp³-hybridized carbons (Fsp3) is 0.391. The predicted octanol–water partition coefficient (Wildman–Crippen LogP) is 4.32. The monoisotopic (exact) mass is 418 g/mol. The second-order valence-corrected chi connectivity index (χ2v) is 7.53. The van der Waals surface area contributed by atoms with E-state index in [0.717, 1.165) is 48.9 Å². The van der Waals surface area contributed by atoms with E-state index in [1.807, 2.05) is 12.1 Å². The molecule has 2 aromatic rings. The number of nitrogens with one attached hydrogen (secondary N) is 1. The molecule has 0 bridgehead atoms. The molecule has 7 heteroatoms. The zero-order valence-corrected chi connectivity index (χ0v) is 16.8. The molecule has 160 valence electrons. The number of hydrogen-bond acceptors (Lipinski definition) is 4. The number of rotatable bonds is 7. The maximum absolute atomic E-state index is 12.9. The van der Waals surface area contributed by atoms with E-state index in [1.165, 1.54) is 11.6 Å². The van der Waals surface area contributed by atoms with Gasteiger partial charge in [-0.2, -0.15) is 13.2 Å². The number of ether oxygens (including phenoxy) is 1. The summed E-state index contributed by atoms with van der Waals surface area (Å²) in [7, 11) is 0. The highest BCUT2D eigenvalue weighted by Gasteiger charge is 2.30. The highest BCUT2D eigenvalue weighted by Crippen LogP contribution is 2.34. The lowest BCUT2D eigenvalue weighted by atomic mass is 9.87. The Kier molecular flexibility index (Phi) is 6.85. The topological polar surface area (TPSA) is 64.3 Å². The number of halogens is 3. The van der Waals surface area contributed by atoms with Crippen LogP contribution in [0.3, 0.4) is 0 Å². The number of benzene rings is 2. The Morgan fingerprint density at radius 3 is 2.63 bits per heavy atom. The van der Waals surface area contributed by atoms with E-state index in [4.69, 9.17) is 10.5 Å². The minimum atomic E-state index is -4.37. The van der Waals surface area contributed by atoms with Gasteiger partial charge in [0.25, 0.3) is 0 Å². The van der Waals surface area contributed by atoms with Crippen molar-refractivity contribution in [2.45, 2.75) is 58.0 Å². The lowest BCUT2D eigenvalue weighted by Gasteiger charge is -2.24. The van der Waals surface area contributed by atoms with Crippen molar-refractivity contribution in [3.63, 3.8) is 0 Å². The van der Waals surface area contributed by atoms with Crippen LogP contribution >= 0.6 is 0 Å². The molecule has 0 amide bonds. The lowest BCUT2D eigenvalue weighted by molar-refractivity contribution is -0.137. The number of nitrogens with two attached hydrogens (primary N) is 1. The van der Waals surface area contributed by atoms with Gasteiger partial charge in [-0.1, -0.05) is 18.2 Å². The largest absolute Gasteiger partial charge is 0.489 e. The SMILES string of the molecule is C[C@H](NCc1ccc(OCc2cccc(C(F)(F)F)c2)c2c1CCCC2)C(N)=C=O. The van der Waals surface area contributed by atoms with Crippen LogP contribution in [0.25, 0.3) is 0 Å². The Hall–Kier alpha value is -2.76. The van der Waals surface area contributed by atoms with Gasteiger partial charge in [0.15, 0.2) is 0 Å². The molecule has 0 spiro atoms. The van der Waals surface area contributed by atoms with Crippen molar-refractivity contribution >= 4 is 5.94 Å². The molecule has 0 aromatic heterocycles. The molecular formula is C23H25F3N2O2. The first kappa shape index (κ1) is 21.9. The summed E-state index contributed by atoms with van der Waals surface area (Å²) >= 11 is 0. The predicted molar refractivity (Wildman–Crippen MR) is 109 cm³/mol. The number of alkyl halides is 3. The number of carbonyl (C=O) groups excluding carboxylic acids is 1. The summed E-state index contributed by atoms with van der Waals surface area (Å²) in [6.07, 6.45) is -0.471. The minimum absolute atomic E-state index is 0.0751. The lowest BCUT2D eigenvalue weighted by Crippen LogP contribution is -2.31. The van der Waals surface area contributed by atoms with E-state index in [-0.39, 0.29) is 18.3 Å². The molecule has 2 aromatic carbocycles. The molecule has 0 fully saturated rings. The Balaban J connectivity index is 1.76. The van der Waals surface area contributed by atoms with Crippen molar-refractivity contribution in [2.75, 3.05) is 0 Å². The summed E-state index contributed by atoms with van der Waals surface area (Å²) in [5.74, 6) is 2.42. The van der Waals surface area contributed by atoms with Crippen LogP contribution in [0, 0.1) is 0 Å². The zero-order valence-electron chi connectivity index (χ0n) is 16.8. The molecule has 4 nitrogen and oxygen atoms in total. The fourth-order valence-corrected chi connectivity index (χ4v) is 3.67. The molecule has 3 N–H and O–H groups in total. The second kappa shape index (κ2) is 9.37. The molecule has 0 radical (unpaired) electrons. The van der Waals surface area contributed by atoms with Crippen molar-refractivity contribution in [3.05, 3.63) is 69.9 Å². The average Bonchev–Trinajstić information content (AvgIpc) is 2.75. The van der Waals surface area contributed by atoms with Crippen LogP contribution in [0.5, 0.6) is 5.75 Å². The van der Waals surface area contributed by atoms with Crippen LogP contribution in [0.1, 0.15) is 47.6 Å². The van der Waals surface area contributed by atoms with Crippen LogP contribution in [-0.2, 0) is 37.0 Å². The van der Waals surface area contributed by atoms with Gasteiger partial charge >= 0.3 is 6.18 Å². The molecule has 1 aliphatic carbocycles. The summed E-state index contributed by atoms with van der Waals surface area (Å²) in [6, 6.07) is 8.76. The third kappa shape index (κ3) is 5.23. The number of hydrogen-bond donors (Lipinski definition) is 2. The van der Waals surface area contributed by atoms with Crippen molar-refractivity contribution in [1.29, 1.82) is 0 Å². The maximum atomic E-state index is 12.9. The second-order valence-electron chi connectivity index (χ2n) is 7.53. The van der Waals surface area contributed by atoms with E-state index in [1.54, 1.807) is 18.9 Å². The maximum Gasteiger partial charge on any atom is 0.416 e. The molecule has 0 aliphatic heterocycles. The summed E-state index contributed by atoms with van der Waals surface area (Å²) in [5, 5.41) is 3.23. The third-order valence-corrected chi connectivity index (χ3v) is 5.42. The van der Waals surface area contributed by atoms with Crippen molar-refractivity contribution in [1.82, 2.24) is 5.32 Å². The summed E-state index contributed by atoms with van der Waals surface area (Å²) in [5.41, 5.74) is 8.97. The van der Waals surface area contributed by atoms with Crippen molar-refractivity contribution in [3.8, 4) is 5.75 Å². The highest BCUT2D eigenvalue weighted by molar-refractivity contribution is 5.52. The van der Waals surface area contributed by atoms with Gasteiger partial charge in [0, 0.05) is 6.54 Å². The van der Waals surface area contributed by atoms with Gasteiger partial charge in [-0.05, 0) is 73.1 Å². The van der Waals surface area contributed by atoms with E-state index >= 15 is 0 Å². The minimum Gasteiger partial charge on any atom is -0.489 e. The number of fused-ring (bicyclic) bond motifs is 1. The Bertz CT molecular complexity index is 950. The fourth-order valence-electron chi connectivity index (χ4n) is 3.67. The van der Waals surface area contributed by atoms with E-state index in [9.17, 15) is 18.0 Å². The van der Waals surface area contributed by atoms with Gasteiger partial charge in [-0.25, -0.2) is 4.79 Å². The molecular weight excluding hydrogens is 393 g/mol. The first-order chi connectivity index (χ1) is 14.3. The Morgan fingerprint density at radius 2 is 1.93 bits per heavy atom. The molecule has 1 aliphatic rings. The van der Waals surface area contributed by atoms with Crippen LogP contribution in [0.2, 0.25) is 0 Å². The third-order valence-electron chi connectivity index (χ3n) is 5.42. The molecule has 30 heavy (non-hydrogen) atoms. The van der Waals surface area contributed by atoms with Gasteiger partial charge in [-0.3, -0.25) is 0 Å². The quantitative estimate of drug-likeness (QED) is 0.658. The molecule has 0 unspecified atom stereocenters.